The molecule has 0 bridgehead atoms. The second-order valence-corrected chi connectivity index (χ2v) is 5.53. The van der Waals surface area contributed by atoms with E-state index in [-0.39, 0.29) is 0 Å². The number of ether oxygens (including phenoxy) is 3. The maximum atomic E-state index is 9.94. The molecule has 0 radical (unpaired) electrons. The van der Waals surface area contributed by atoms with Crippen LogP contribution < -0.4 is 0 Å². The lowest BCUT2D eigenvalue weighted by molar-refractivity contribution is -0.355. The Balaban J connectivity index is 2.11. The van der Waals surface area contributed by atoms with Gasteiger partial charge in [0.05, 0.1) is 13.2 Å². The van der Waals surface area contributed by atoms with E-state index < -0.39 is 74.6 Å². The number of hydrogen-bond donors (Lipinski definition) is 8. The molecule has 2 heterocycles. The molecule has 136 valence electrons. The lowest BCUT2D eigenvalue weighted by Gasteiger charge is -2.45. The van der Waals surface area contributed by atoms with E-state index in [1.165, 1.54) is 0 Å². The number of rotatable bonds is 4. The smallest absolute Gasteiger partial charge is 0.187 e. The average molecular weight is 342 g/mol. The van der Waals surface area contributed by atoms with Crippen LogP contribution in [-0.4, -0.2) is 115 Å². The van der Waals surface area contributed by atoms with Gasteiger partial charge < -0.3 is 55.1 Å². The quantitative estimate of drug-likeness (QED) is 0.243. The molecule has 0 saturated carbocycles. The van der Waals surface area contributed by atoms with Crippen LogP contribution >= 0.6 is 0 Å². The Morgan fingerprint density at radius 3 is 1.83 bits per heavy atom. The van der Waals surface area contributed by atoms with Crippen molar-refractivity contribution >= 4 is 0 Å². The van der Waals surface area contributed by atoms with Crippen molar-refractivity contribution in [2.45, 2.75) is 61.4 Å². The van der Waals surface area contributed by atoms with Crippen LogP contribution in [0, 0.1) is 0 Å². The summed E-state index contributed by atoms with van der Waals surface area (Å²) in [5.41, 5.74) is 0. The van der Waals surface area contributed by atoms with Crippen LogP contribution in [0.25, 0.3) is 0 Å². The summed E-state index contributed by atoms with van der Waals surface area (Å²) in [7, 11) is 0. The van der Waals surface area contributed by atoms with Crippen molar-refractivity contribution in [3.05, 3.63) is 0 Å². The molecule has 2 fully saturated rings. The second-order valence-electron chi connectivity index (χ2n) is 5.53. The van der Waals surface area contributed by atoms with Crippen LogP contribution in [0.3, 0.4) is 0 Å². The molecule has 0 unspecified atom stereocenters. The Labute approximate surface area is 130 Å². The van der Waals surface area contributed by atoms with Crippen molar-refractivity contribution in [1.82, 2.24) is 0 Å². The minimum Gasteiger partial charge on any atom is -0.394 e. The van der Waals surface area contributed by atoms with Crippen molar-refractivity contribution in [1.29, 1.82) is 0 Å². The maximum Gasteiger partial charge on any atom is 0.187 e. The minimum atomic E-state index is -1.74. The Kier molecular flexibility index (Phi) is 6.27. The fourth-order valence-electron chi connectivity index (χ4n) is 2.57. The van der Waals surface area contributed by atoms with Gasteiger partial charge >= 0.3 is 0 Å². The summed E-state index contributed by atoms with van der Waals surface area (Å²) >= 11 is 0. The molecule has 0 aliphatic carbocycles. The van der Waals surface area contributed by atoms with Crippen molar-refractivity contribution in [3.63, 3.8) is 0 Å². The third kappa shape index (κ3) is 3.65. The molecule has 2 aliphatic heterocycles. The van der Waals surface area contributed by atoms with Gasteiger partial charge in [0.15, 0.2) is 12.6 Å². The molecule has 0 spiro atoms. The van der Waals surface area contributed by atoms with Crippen molar-refractivity contribution < 1.29 is 55.1 Å². The fourth-order valence-corrected chi connectivity index (χ4v) is 2.57. The van der Waals surface area contributed by atoms with Gasteiger partial charge in [-0.3, -0.25) is 0 Å². The molecule has 2 rings (SSSR count). The predicted octanol–water partition coefficient (Wildman–Crippen LogP) is -5.40. The fraction of sp³-hybridized carbons (Fsp3) is 1.00. The standard InChI is InChI=1S/C12H22O11/c13-1-3-5(15)6(16)9(19)12(22-3)23-10-4(2-14)21-11(20)8(18)7(10)17/h3-20H,1-2H2/t3-,4+,5-,6+,7-,8+,9+,10+,11+,12-/m0/s1. The first-order valence-corrected chi connectivity index (χ1v) is 7.08. The molecular weight excluding hydrogens is 320 g/mol. The highest BCUT2D eigenvalue weighted by Gasteiger charge is 2.50. The Hall–Kier alpha value is -0.440. The van der Waals surface area contributed by atoms with E-state index >= 15 is 0 Å². The van der Waals surface area contributed by atoms with E-state index in [0.717, 1.165) is 0 Å². The zero-order valence-electron chi connectivity index (χ0n) is 12.0. The predicted molar refractivity (Wildman–Crippen MR) is 68.6 cm³/mol. The summed E-state index contributed by atoms with van der Waals surface area (Å²) < 4.78 is 15.3. The summed E-state index contributed by atoms with van der Waals surface area (Å²) in [5.74, 6) is 0. The van der Waals surface area contributed by atoms with Crippen molar-refractivity contribution in [3.8, 4) is 0 Å². The first-order chi connectivity index (χ1) is 10.8. The molecule has 11 nitrogen and oxygen atoms in total. The third-order valence-electron chi connectivity index (χ3n) is 3.98. The first kappa shape index (κ1) is 18.9. The topological polar surface area (TPSA) is 190 Å². The van der Waals surface area contributed by atoms with E-state index in [2.05, 4.69) is 0 Å². The molecule has 2 saturated heterocycles. The van der Waals surface area contributed by atoms with Gasteiger partial charge in [0, 0.05) is 0 Å². The van der Waals surface area contributed by atoms with E-state index in [4.69, 9.17) is 19.3 Å². The molecule has 10 atom stereocenters. The van der Waals surface area contributed by atoms with Gasteiger partial charge in [-0.15, -0.1) is 0 Å². The summed E-state index contributed by atoms with van der Waals surface area (Å²) in [6.45, 7) is -1.35. The molecular formula is C12H22O11. The van der Waals surface area contributed by atoms with Gasteiger partial charge in [-0.2, -0.15) is 0 Å². The van der Waals surface area contributed by atoms with Crippen LogP contribution in [0.15, 0.2) is 0 Å². The van der Waals surface area contributed by atoms with Gasteiger partial charge in [0.1, 0.15) is 48.8 Å². The van der Waals surface area contributed by atoms with Crippen LogP contribution in [0.5, 0.6) is 0 Å². The molecule has 11 heteroatoms. The highest BCUT2D eigenvalue weighted by molar-refractivity contribution is 4.93. The summed E-state index contributed by atoms with van der Waals surface area (Å²) in [6.07, 6.45) is -15.6. The Morgan fingerprint density at radius 1 is 0.652 bits per heavy atom. The number of hydrogen-bond acceptors (Lipinski definition) is 11. The van der Waals surface area contributed by atoms with Gasteiger partial charge in [0.2, 0.25) is 0 Å². The molecule has 2 aliphatic rings. The highest BCUT2D eigenvalue weighted by Crippen LogP contribution is 2.28. The highest BCUT2D eigenvalue weighted by atomic mass is 16.7. The molecule has 0 aromatic rings. The largest absolute Gasteiger partial charge is 0.394 e. The van der Waals surface area contributed by atoms with Gasteiger partial charge in [-0.1, -0.05) is 0 Å². The Morgan fingerprint density at radius 2 is 1.26 bits per heavy atom. The van der Waals surface area contributed by atoms with Crippen LogP contribution in [0.4, 0.5) is 0 Å². The van der Waals surface area contributed by atoms with Gasteiger partial charge in [-0.25, -0.2) is 0 Å². The van der Waals surface area contributed by atoms with Crippen LogP contribution in [0.1, 0.15) is 0 Å². The van der Waals surface area contributed by atoms with Crippen LogP contribution in [0.2, 0.25) is 0 Å². The van der Waals surface area contributed by atoms with Crippen molar-refractivity contribution in [2.75, 3.05) is 13.2 Å². The monoisotopic (exact) mass is 342 g/mol. The number of aliphatic hydroxyl groups excluding tert-OH is 8. The van der Waals surface area contributed by atoms with Crippen LogP contribution in [-0.2, 0) is 14.2 Å². The normalized spacial score (nSPS) is 51.7. The molecule has 0 aromatic heterocycles. The SMILES string of the molecule is OC[C@@H]1O[C@@H](O[C@H]2[C@@H](O)[C@@H](O)[C@H](O)O[C@@H]2CO)[C@H](O)[C@H](O)[C@H]1O. The molecule has 0 amide bonds. The van der Waals surface area contributed by atoms with Gasteiger partial charge in [0.25, 0.3) is 0 Å². The molecule has 23 heavy (non-hydrogen) atoms. The van der Waals surface area contributed by atoms with E-state index in [1.54, 1.807) is 0 Å². The summed E-state index contributed by atoms with van der Waals surface area (Å²) in [4.78, 5) is 0. The first-order valence-electron chi connectivity index (χ1n) is 7.08. The minimum absolute atomic E-state index is 0.667. The zero-order chi connectivity index (χ0) is 17.3. The van der Waals surface area contributed by atoms with Crippen molar-refractivity contribution in [2.24, 2.45) is 0 Å². The second kappa shape index (κ2) is 7.63. The van der Waals surface area contributed by atoms with Gasteiger partial charge in [-0.05, 0) is 0 Å². The third-order valence-corrected chi connectivity index (χ3v) is 3.98. The lowest BCUT2D eigenvalue weighted by Crippen LogP contribution is -2.64. The summed E-state index contributed by atoms with van der Waals surface area (Å²) in [6, 6.07) is 0. The molecule has 8 N–H and O–H groups in total. The molecule has 0 aromatic carbocycles. The van der Waals surface area contributed by atoms with E-state index in [9.17, 15) is 35.7 Å². The average Bonchev–Trinajstić information content (AvgIpc) is 2.55. The van der Waals surface area contributed by atoms with E-state index in [0.29, 0.717) is 0 Å². The maximum absolute atomic E-state index is 9.94. The Bertz CT molecular complexity index is 378. The van der Waals surface area contributed by atoms with E-state index in [1.807, 2.05) is 0 Å². The lowest BCUT2D eigenvalue weighted by atomic mass is 9.97. The number of aliphatic hydroxyl groups is 8. The zero-order valence-corrected chi connectivity index (χ0v) is 12.0. The summed E-state index contributed by atoms with van der Waals surface area (Å²) in [5, 5.41) is 76.5.